The zero-order valence-corrected chi connectivity index (χ0v) is 7.06. The van der Waals surface area contributed by atoms with Gasteiger partial charge in [-0.1, -0.05) is 25.3 Å². The molecule has 2 amide bonds. The van der Waals surface area contributed by atoms with E-state index in [4.69, 9.17) is 0 Å². The fourth-order valence-corrected chi connectivity index (χ4v) is 0.937. The first kappa shape index (κ1) is 9.19. The molecule has 0 aromatic carbocycles. The summed E-state index contributed by atoms with van der Waals surface area (Å²) >= 11 is 0. The lowest BCUT2D eigenvalue weighted by Gasteiger charge is -2.12. The molecule has 0 aliphatic carbocycles. The summed E-state index contributed by atoms with van der Waals surface area (Å²) < 4.78 is 0. The van der Waals surface area contributed by atoms with Gasteiger partial charge in [-0.25, -0.2) is 4.90 Å². The van der Waals surface area contributed by atoms with Crippen molar-refractivity contribution in [2.24, 2.45) is 0 Å². The third-order valence-electron chi connectivity index (χ3n) is 1.52. The highest BCUT2D eigenvalue weighted by molar-refractivity contribution is 6.14. The molecule has 3 heteroatoms. The van der Waals surface area contributed by atoms with E-state index in [-0.39, 0.29) is 11.8 Å². The Balaban J connectivity index is 2.78. The maximum Gasteiger partial charge on any atom is 0.258 e. The molecule has 0 unspecified atom stereocenters. The van der Waals surface area contributed by atoms with Gasteiger partial charge in [0.25, 0.3) is 11.8 Å². The van der Waals surface area contributed by atoms with Crippen LogP contribution in [0.5, 0.6) is 0 Å². The number of amides is 2. The SMILES string of the molecule is C=C/C=C\C(=C)N1C(=O)C=CC1=O. The van der Waals surface area contributed by atoms with Crippen LogP contribution in [0.25, 0.3) is 0 Å². The van der Waals surface area contributed by atoms with Gasteiger partial charge in [-0.2, -0.15) is 0 Å². The molecule has 1 heterocycles. The summed E-state index contributed by atoms with van der Waals surface area (Å²) in [6, 6.07) is 0. The van der Waals surface area contributed by atoms with E-state index in [1.165, 1.54) is 12.2 Å². The molecule has 0 saturated heterocycles. The lowest BCUT2D eigenvalue weighted by molar-refractivity contribution is -0.134. The van der Waals surface area contributed by atoms with E-state index in [1.807, 2.05) is 0 Å². The highest BCUT2D eigenvalue weighted by Crippen LogP contribution is 2.11. The van der Waals surface area contributed by atoms with E-state index in [1.54, 1.807) is 18.2 Å². The van der Waals surface area contributed by atoms with Gasteiger partial charge in [0.05, 0.1) is 0 Å². The minimum atomic E-state index is -0.358. The van der Waals surface area contributed by atoms with Crippen molar-refractivity contribution in [1.29, 1.82) is 0 Å². The monoisotopic (exact) mass is 175 g/mol. The number of imide groups is 1. The first-order valence-corrected chi connectivity index (χ1v) is 3.71. The maximum absolute atomic E-state index is 11.1. The molecule has 66 valence electrons. The molecule has 0 aromatic heterocycles. The molecule has 0 atom stereocenters. The number of rotatable bonds is 3. The summed E-state index contributed by atoms with van der Waals surface area (Å²) in [4.78, 5) is 23.2. The van der Waals surface area contributed by atoms with Crippen molar-refractivity contribution < 1.29 is 9.59 Å². The van der Waals surface area contributed by atoms with Crippen molar-refractivity contribution in [2.75, 3.05) is 0 Å². The van der Waals surface area contributed by atoms with Crippen LogP contribution in [-0.4, -0.2) is 16.7 Å². The predicted octanol–water partition coefficient (Wildman–Crippen LogP) is 1.17. The van der Waals surface area contributed by atoms with Crippen molar-refractivity contribution >= 4 is 11.8 Å². The summed E-state index contributed by atoms with van der Waals surface area (Å²) in [5.41, 5.74) is 0.347. The first-order chi connectivity index (χ1) is 6.16. The lowest BCUT2D eigenvalue weighted by atomic mass is 10.3. The van der Waals surface area contributed by atoms with Crippen LogP contribution in [0.1, 0.15) is 0 Å². The predicted molar refractivity (Wildman–Crippen MR) is 49.5 cm³/mol. The minimum absolute atomic E-state index is 0.347. The smallest absolute Gasteiger partial charge is 0.258 e. The average Bonchev–Trinajstić information content (AvgIpc) is 2.42. The van der Waals surface area contributed by atoms with Gasteiger partial charge in [-0.05, 0) is 6.08 Å². The molecule has 1 rings (SSSR count). The Bertz CT molecular complexity index is 319. The largest absolute Gasteiger partial charge is 0.269 e. The van der Waals surface area contributed by atoms with Crippen LogP contribution in [-0.2, 0) is 9.59 Å². The Labute approximate surface area is 76.3 Å². The molecule has 1 aliphatic rings. The number of allylic oxidation sites excluding steroid dienone is 3. The van der Waals surface area contributed by atoms with Gasteiger partial charge in [0.1, 0.15) is 0 Å². The van der Waals surface area contributed by atoms with Crippen molar-refractivity contribution in [3.05, 3.63) is 49.2 Å². The molecule has 0 saturated carbocycles. The van der Waals surface area contributed by atoms with Gasteiger partial charge >= 0.3 is 0 Å². The second kappa shape index (κ2) is 3.67. The second-order valence-electron chi connectivity index (χ2n) is 2.43. The van der Waals surface area contributed by atoms with Gasteiger partial charge in [-0.15, -0.1) is 0 Å². The Hall–Kier alpha value is -1.90. The third-order valence-corrected chi connectivity index (χ3v) is 1.52. The van der Waals surface area contributed by atoms with Crippen molar-refractivity contribution in [3.63, 3.8) is 0 Å². The van der Waals surface area contributed by atoms with Gasteiger partial charge in [-0.3, -0.25) is 9.59 Å². The number of nitrogens with zero attached hydrogens (tertiary/aromatic N) is 1. The Morgan fingerprint density at radius 3 is 2.31 bits per heavy atom. The minimum Gasteiger partial charge on any atom is -0.269 e. The Kier molecular flexibility index (Phi) is 2.59. The topological polar surface area (TPSA) is 37.4 Å². The van der Waals surface area contributed by atoms with Crippen LogP contribution in [0.2, 0.25) is 0 Å². The average molecular weight is 175 g/mol. The van der Waals surface area contributed by atoms with Gasteiger partial charge in [0.2, 0.25) is 0 Å². The molecular weight excluding hydrogens is 166 g/mol. The van der Waals surface area contributed by atoms with E-state index < -0.39 is 0 Å². The summed E-state index contributed by atoms with van der Waals surface area (Å²) in [5.74, 6) is -0.715. The van der Waals surface area contributed by atoms with Gasteiger partial charge < -0.3 is 0 Å². The van der Waals surface area contributed by atoms with Crippen molar-refractivity contribution in [3.8, 4) is 0 Å². The molecule has 0 bridgehead atoms. The van der Waals surface area contributed by atoms with Crippen LogP contribution in [0.4, 0.5) is 0 Å². The van der Waals surface area contributed by atoms with E-state index >= 15 is 0 Å². The highest BCUT2D eigenvalue weighted by Gasteiger charge is 2.24. The van der Waals surface area contributed by atoms with E-state index in [0.717, 1.165) is 4.90 Å². The molecule has 0 N–H and O–H groups in total. The molecular formula is C10H9NO2. The van der Waals surface area contributed by atoms with E-state index in [9.17, 15) is 9.59 Å². The number of hydrogen-bond donors (Lipinski definition) is 0. The molecule has 13 heavy (non-hydrogen) atoms. The summed E-state index contributed by atoms with van der Waals surface area (Å²) in [7, 11) is 0. The molecule has 0 radical (unpaired) electrons. The van der Waals surface area contributed by atoms with Crippen LogP contribution < -0.4 is 0 Å². The van der Waals surface area contributed by atoms with Crippen LogP contribution >= 0.6 is 0 Å². The van der Waals surface area contributed by atoms with E-state index in [0.29, 0.717) is 5.70 Å². The second-order valence-corrected chi connectivity index (χ2v) is 2.43. The molecule has 3 nitrogen and oxygen atoms in total. The summed E-state index contributed by atoms with van der Waals surface area (Å²) in [6.45, 7) is 7.05. The van der Waals surface area contributed by atoms with Crippen LogP contribution in [0.3, 0.4) is 0 Å². The zero-order chi connectivity index (χ0) is 9.84. The standard InChI is InChI=1S/C10H9NO2/c1-3-4-5-8(2)11-9(12)6-7-10(11)13/h3-7H,1-2H2/b5-4-. The molecule has 0 spiro atoms. The highest BCUT2D eigenvalue weighted by atomic mass is 16.2. The number of carbonyl (C=O) groups is 2. The fourth-order valence-electron chi connectivity index (χ4n) is 0.937. The fraction of sp³-hybridized carbons (Fsp3) is 0. The first-order valence-electron chi connectivity index (χ1n) is 3.71. The zero-order valence-electron chi connectivity index (χ0n) is 7.06. The molecule has 0 fully saturated rings. The van der Waals surface area contributed by atoms with Crippen molar-refractivity contribution in [1.82, 2.24) is 4.90 Å². The Morgan fingerprint density at radius 2 is 1.85 bits per heavy atom. The third kappa shape index (κ3) is 1.82. The van der Waals surface area contributed by atoms with Gasteiger partial charge in [0.15, 0.2) is 0 Å². The lowest BCUT2D eigenvalue weighted by Crippen LogP contribution is -2.27. The maximum atomic E-state index is 11.1. The quantitative estimate of drug-likeness (QED) is 0.477. The summed E-state index contributed by atoms with van der Waals surface area (Å²) in [6.07, 6.45) is 7.14. The van der Waals surface area contributed by atoms with E-state index in [2.05, 4.69) is 13.2 Å². The van der Waals surface area contributed by atoms with Crippen molar-refractivity contribution in [2.45, 2.75) is 0 Å². The van der Waals surface area contributed by atoms with Crippen LogP contribution in [0, 0.1) is 0 Å². The normalized spacial score (nSPS) is 15.8. The van der Waals surface area contributed by atoms with Gasteiger partial charge in [0, 0.05) is 17.8 Å². The number of carbonyl (C=O) groups excluding carboxylic acids is 2. The molecule has 0 aromatic rings. The van der Waals surface area contributed by atoms with Crippen LogP contribution in [0.15, 0.2) is 49.2 Å². The number of hydrogen-bond acceptors (Lipinski definition) is 2. The Morgan fingerprint density at radius 1 is 1.31 bits per heavy atom. The molecule has 1 aliphatic heterocycles. The summed E-state index contributed by atoms with van der Waals surface area (Å²) in [5, 5.41) is 0.